The number of fused-ring (bicyclic) bond motifs is 1. The molecule has 2 aromatic heterocycles. The third-order valence-electron chi connectivity index (χ3n) is 5.52. The molecular weight excluding hydrogens is 402 g/mol. The molecule has 1 amide bonds. The number of ether oxygens (including phenoxy) is 1. The molecule has 6 heteroatoms. The maximum absolute atomic E-state index is 13.4. The maximum Gasteiger partial charge on any atom is 0.259 e. The Hall–Kier alpha value is -4.06. The van der Waals surface area contributed by atoms with Gasteiger partial charge in [-0.3, -0.25) is 9.59 Å². The molecule has 3 N–H and O–H groups in total. The van der Waals surface area contributed by atoms with Gasteiger partial charge >= 0.3 is 0 Å². The molecule has 0 aliphatic heterocycles. The average molecular weight is 428 g/mol. The van der Waals surface area contributed by atoms with Gasteiger partial charge in [0.2, 0.25) is 5.78 Å². The van der Waals surface area contributed by atoms with Gasteiger partial charge < -0.3 is 20.2 Å². The van der Waals surface area contributed by atoms with Crippen LogP contribution in [0.2, 0.25) is 0 Å². The largest absolute Gasteiger partial charge is 0.494 e. The summed E-state index contributed by atoms with van der Waals surface area (Å²) in [5, 5.41) is 2.91. The minimum absolute atomic E-state index is 0.149. The maximum atomic E-state index is 13.4. The number of carbonyl (C=O) groups is 2. The second-order valence-corrected chi connectivity index (χ2v) is 7.63. The van der Waals surface area contributed by atoms with Gasteiger partial charge in [0.05, 0.1) is 23.4 Å². The lowest BCUT2D eigenvalue weighted by atomic mass is 10.1. The quantitative estimate of drug-likeness (QED) is 0.423. The van der Waals surface area contributed by atoms with Crippen molar-refractivity contribution in [2.75, 3.05) is 17.7 Å². The number of hydrogen-bond acceptors (Lipinski definition) is 4. The normalized spacial score (nSPS) is 10.8. The van der Waals surface area contributed by atoms with Crippen LogP contribution in [0.3, 0.4) is 0 Å². The van der Waals surface area contributed by atoms with Gasteiger partial charge in [-0.2, -0.15) is 0 Å². The van der Waals surface area contributed by atoms with Gasteiger partial charge in [0.1, 0.15) is 11.4 Å². The van der Waals surface area contributed by atoms with Gasteiger partial charge in [-0.05, 0) is 80.4 Å². The lowest BCUT2D eigenvalue weighted by molar-refractivity contribution is 0.102. The number of nitrogen functional groups attached to an aromatic ring is 1. The molecule has 2 aromatic carbocycles. The molecule has 2 heterocycles. The van der Waals surface area contributed by atoms with E-state index < -0.39 is 0 Å². The zero-order valence-corrected chi connectivity index (χ0v) is 18.3. The minimum Gasteiger partial charge on any atom is -0.494 e. The van der Waals surface area contributed by atoms with Gasteiger partial charge in [0, 0.05) is 17.4 Å². The second-order valence-electron chi connectivity index (χ2n) is 7.63. The van der Waals surface area contributed by atoms with Crippen LogP contribution in [0.25, 0.3) is 5.52 Å². The molecule has 0 bridgehead atoms. The number of carbonyl (C=O) groups excluding carboxylic acids is 2. The summed E-state index contributed by atoms with van der Waals surface area (Å²) in [6.07, 6.45) is 1.74. The fourth-order valence-corrected chi connectivity index (χ4v) is 3.72. The molecule has 0 atom stereocenters. The molecule has 0 saturated carbocycles. The van der Waals surface area contributed by atoms with E-state index in [1.807, 2.05) is 45.0 Å². The molecule has 0 fully saturated rings. The molecule has 4 rings (SSSR count). The standard InChI is InChI=1S/C26H25N3O3/c1-4-32-20-12-9-18(10-13-20)25(30)24-23(27)22(21-7-5-6-14-29(21)24)26(31)28-19-11-8-16(2)17(3)15-19/h5-15H,4,27H2,1-3H3,(H,28,31). The predicted octanol–water partition coefficient (Wildman–Crippen LogP) is 5.02. The highest BCUT2D eigenvalue weighted by Crippen LogP contribution is 2.30. The van der Waals surface area contributed by atoms with E-state index in [4.69, 9.17) is 10.5 Å². The third kappa shape index (κ3) is 3.83. The number of hydrogen-bond donors (Lipinski definition) is 2. The Morgan fingerprint density at radius 3 is 2.44 bits per heavy atom. The number of benzene rings is 2. The fraction of sp³-hybridized carbons (Fsp3) is 0.154. The number of nitrogens with zero attached hydrogens (tertiary/aromatic N) is 1. The Balaban J connectivity index is 1.75. The van der Waals surface area contributed by atoms with Crippen LogP contribution in [-0.2, 0) is 0 Å². The summed E-state index contributed by atoms with van der Waals surface area (Å²) < 4.78 is 7.12. The summed E-state index contributed by atoms with van der Waals surface area (Å²) in [4.78, 5) is 26.6. The van der Waals surface area contributed by atoms with Crippen LogP contribution in [0.15, 0.2) is 66.9 Å². The molecule has 0 aliphatic carbocycles. The number of aromatic nitrogens is 1. The molecule has 0 unspecified atom stereocenters. The molecule has 32 heavy (non-hydrogen) atoms. The summed E-state index contributed by atoms with van der Waals surface area (Å²) in [6, 6.07) is 18.0. The number of nitrogens with two attached hydrogens (primary N) is 1. The minimum atomic E-state index is -0.361. The molecule has 0 aliphatic rings. The molecule has 0 saturated heterocycles. The van der Waals surface area contributed by atoms with E-state index in [0.717, 1.165) is 11.1 Å². The van der Waals surface area contributed by atoms with Crippen molar-refractivity contribution < 1.29 is 14.3 Å². The highest BCUT2D eigenvalue weighted by atomic mass is 16.5. The first-order chi connectivity index (χ1) is 15.4. The number of anilines is 2. The topological polar surface area (TPSA) is 85.8 Å². The van der Waals surface area contributed by atoms with Gasteiger partial charge in [-0.25, -0.2) is 0 Å². The first-order valence-corrected chi connectivity index (χ1v) is 10.5. The Bertz CT molecular complexity index is 1320. The van der Waals surface area contributed by atoms with Crippen molar-refractivity contribution in [3.05, 3.63) is 94.8 Å². The summed E-state index contributed by atoms with van der Waals surface area (Å²) in [5.41, 5.74) is 11.0. The van der Waals surface area contributed by atoms with Crippen molar-refractivity contribution in [1.82, 2.24) is 4.40 Å². The molecular formula is C26H25N3O3. The van der Waals surface area contributed by atoms with Crippen LogP contribution in [0.1, 0.15) is 44.5 Å². The van der Waals surface area contributed by atoms with Crippen LogP contribution in [-0.4, -0.2) is 22.7 Å². The van der Waals surface area contributed by atoms with Crippen LogP contribution in [0.4, 0.5) is 11.4 Å². The fourth-order valence-electron chi connectivity index (χ4n) is 3.72. The van der Waals surface area contributed by atoms with Crippen molar-refractivity contribution >= 4 is 28.6 Å². The number of aryl methyl sites for hydroxylation is 2. The van der Waals surface area contributed by atoms with E-state index in [9.17, 15) is 9.59 Å². The van der Waals surface area contributed by atoms with Gasteiger partial charge in [0.25, 0.3) is 5.91 Å². The smallest absolute Gasteiger partial charge is 0.259 e. The number of amides is 1. The van der Waals surface area contributed by atoms with E-state index in [1.54, 1.807) is 47.0 Å². The van der Waals surface area contributed by atoms with Crippen LogP contribution in [0.5, 0.6) is 5.75 Å². The van der Waals surface area contributed by atoms with Crippen molar-refractivity contribution in [3.63, 3.8) is 0 Å². The molecule has 162 valence electrons. The van der Waals surface area contributed by atoms with Crippen LogP contribution in [0, 0.1) is 13.8 Å². The predicted molar refractivity (Wildman–Crippen MR) is 127 cm³/mol. The van der Waals surface area contributed by atoms with E-state index >= 15 is 0 Å². The van der Waals surface area contributed by atoms with Gasteiger partial charge in [0.15, 0.2) is 0 Å². The van der Waals surface area contributed by atoms with E-state index in [1.165, 1.54) is 0 Å². The molecule has 0 radical (unpaired) electrons. The SMILES string of the molecule is CCOc1ccc(C(=O)c2c(N)c(C(=O)Nc3ccc(C)c(C)c3)c3ccccn23)cc1. The zero-order valence-electron chi connectivity index (χ0n) is 18.3. The lowest BCUT2D eigenvalue weighted by Gasteiger charge is -2.08. The highest BCUT2D eigenvalue weighted by molar-refractivity contribution is 6.20. The van der Waals surface area contributed by atoms with Crippen molar-refractivity contribution in [1.29, 1.82) is 0 Å². The third-order valence-corrected chi connectivity index (χ3v) is 5.52. The first kappa shape index (κ1) is 21.2. The van der Waals surface area contributed by atoms with Crippen molar-refractivity contribution in [2.45, 2.75) is 20.8 Å². The summed E-state index contributed by atoms with van der Waals surface area (Å²) in [6.45, 7) is 6.44. The Kier molecular flexibility index (Phi) is 5.69. The summed E-state index contributed by atoms with van der Waals surface area (Å²) in [5.74, 6) is 0.0580. The highest BCUT2D eigenvalue weighted by Gasteiger charge is 2.26. The molecule has 4 aromatic rings. The Morgan fingerprint density at radius 2 is 1.75 bits per heavy atom. The Morgan fingerprint density at radius 1 is 1.00 bits per heavy atom. The number of nitrogens with one attached hydrogen (secondary N) is 1. The van der Waals surface area contributed by atoms with Gasteiger partial charge in [-0.15, -0.1) is 0 Å². The van der Waals surface area contributed by atoms with Gasteiger partial charge in [-0.1, -0.05) is 12.1 Å². The number of ketones is 1. The summed E-state index contributed by atoms with van der Waals surface area (Å²) in [7, 11) is 0. The van der Waals surface area contributed by atoms with E-state index in [2.05, 4.69) is 5.32 Å². The molecule has 0 spiro atoms. The number of pyridine rings is 1. The lowest BCUT2D eigenvalue weighted by Crippen LogP contribution is -2.14. The first-order valence-electron chi connectivity index (χ1n) is 10.5. The van der Waals surface area contributed by atoms with E-state index in [-0.39, 0.29) is 28.6 Å². The van der Waals surface area contributed by atoms with Crippen LogP contribution < -0.4 is 15.8 Å². The second kappa shape index (κ2) is 8.59. The monoisotopic (exact) mass is 427 g/mol. The summed E-state index contributed by atoms with van der Waals surface area (Å²) >= 11 is 0. The van der Waals surface area contributed by atoms with Crippen LogP contribution >= 0.6 is 0 Å². The van der Waals surface area contributed by atoms with Crippen molar-refractivity contribution in [2.24, 2.45) is 0 Å². The molecule has 6 nitrogen and oxygen atoms in total. The number of rotatable bonds is 6. The average Bonchev–Trinajstić information content (AvgIpc) is 3.08. The van der Waals surface area contributed by atoms with Crippen molar-refractivity contribution in [3.8, 4) is 5.75 Å². The Labute approximate surface area is 186 Å². The zero-order chi connectivity index (χ0) is 22.8. The van der Waals surface area contributed by atoms with E-state index in [0.29, 0.717) is 29.1 Å².